The molecule has 1 N–H and O–H groups in total. The molecular formula is C17H26N4O5S2. The number of nitrogens with one attached hydrogen (secondary N) is 1. The summed E-state index contributed by atoms with van der Waals surface area (Å²) in [7, 11) is -3.75. The van der Waals surface area contributed by atoms with Crippen molar-refractivity contribution in [2.24, 2.45) is 0 Å². The summed E-state index contributed by atoms with van der Waals surface area (Å²) in [5.74, 6) is 0. The fourth-order valence-corrected chi connectivity index (χ4v) is 5.37. The van der Waals surface area contributed by atoms with E-state index in [0.29, 0.717) is 44.6 Å². The first-order valence-electron chi connectivity index (χ1n) is 9.09. The Balaban J connectivity index is 1.67. The van der Waals surface area contributed by atoms with Gasteiger partial charge in [0.2, 0.25) is 20.0 Å². The maximum Gasteiger partial charge on any atom is 0.322 e. The van der Waals surface area contributed by atoms with Crippen molar-refractivity contribution in [3.63, 3.8) is 0 Å². The highest BCUT2D eigenvalue weighted by atomic mass is 32.2. The lowest BCUT2D eigenvalue weighted by molar-refractivity contribution is 0.233. The quantitative estimate of drug-likeness (QED) is 0.746. The van der Waals surface area contributed by atoms with Gasteiger partial charge in [0.05, 0.1) is 11.2 Å². The Bertz CT molecular complexity index is 967. The smallest absolute Gasteiger partial charge is 0.322 e. The summed E-state index contributed by atoms with van der Waals surface area (Å²) in [6.45, 7) is 1.27. The largest absolute Gasteiger partial charge is 0.335 e. The molecule has 0 aliphatic carbocycles. The minimum absolute atomic E-state index is 0.0806. The Labute approximate surface area is 166 Å². The number of sulfonamides is 2. The van der Waals surface area contributed by atoms with Crippen molar-refractivity contribution in [2.45, 2.75) is 30.2 Å². The molecule has 2 aliphatic rings. The molecule has 0 radical (unpaired) electrons. The Hall–Kier alpha value is -1.69. The minimum atomic E-state index is -3.52. The first kappa shape index (κ1) is 21.0. The third-order valence-corrected chi connectivity index (χ3v) is 8.34. The minimum Gasteiger partial charge on any atom is -0.335 e. The number of hydrogen-bond acceptors (Lipinski definition) is 5. The molecule has 1 aromatic carbocycles. The maximum atomic E-state index is 12.7. The SMILES string of the molecule is CN(C)S(=O)(=O)c1ccc2c(c1)CCN2C(=O)NC1CCN(S(C)(=O)=O)CC1. The molecule has 2 aliphatic heterocycles. The molecule has 1 aromatic rings. The van der Waals surface area contributed by atoms with Crippen molar-refractivity contribution in [2.75, 3.05) is 44.9 Å². The molecule has 11 heteroatoms. The molecule has 0 spiro atoms. The van der Waals surface area contributed by atoms with Gasteiger partial charge in [-0.25, -0.2) is 30.2 Å². The van der Waals surface area contributed by atoms with Crippen molar-refractivity contribution in [1.82, 2.24) is 13.9 Å². The van der Waals surface area contributed by atoms with E-state index in [4.69, 9.17) is 0 Å². The number of fused-ring (bicyclic) bond motifs is 1. The Morgan fingerprint density at radius 1 is 1.11 bits per heavy atom. The van der Waals surface area contributed by atoms with E-state index in [0.717, 1.165) is 9.87 Å². The van der Waals surface area contributed by atoms with Crippen LogP contribution in [0.15, 0.2) is 23.1 Å². The molecule has 0 unspecified atom stereocenters. The predicted octanol–water partition coefficient (Wildman–Crippen LogP) is 0.433. The van der Waals surface area contributed by atoms with Gasteiger partial charge in [-0.3, -0.25) is 4.90 Å². The van der Waals surface area contributed by atoms with Gasteiger partial charge in [-0.05, 0) is 43.0 Å². The van der Waals surface area contributed by atoms with Gasteiger partial charge in [0.1, 0.15) is 0 Å². The van der Waals surface area contributed by atoms with Crippen LogP contribution in [0.25, 0.3) is 0 Å². The van der Waals surface area contributed by atoms with Crippen LogP contribution in [0.3, 0.4) is 0 Å². The van der Waals surface area contributed by atoms with Crippen LogP contribution in [-0.2, 0) is 26.5 Å². The Morgan fingerprint density at radius 3 is 2.32 bits per heavy atom. The number of carbonyl (C=O) groups is 1. The van der Waals surface area contributed by atoms with Crippen LogP contribution < -0.4 is 10.2 Å². The van der Waals surface area contributed by atoms with Crippen molar-refractivity contribution in [1.29, 1.82) is 0 Å². The van der Waals surface area contributed by atoms with Crippen LogP contribution in [-0.4, -0.2) is 77.5 Å². The molecule has 28 heavy (non-hydrogen) atoms. The second kappa shape index (κ2) is 7.62. The highest BCUT2D eigenvalue weighted by Gasteiger charge is 2.30. The van der Waals surface area contributed by atoms with Crippen molar-refractivity contribution in [3.05, 3.63) is 23.8 Å². The number of amides is 2. The molecule has 0 bridgehead atoms. The Morgan fingerprint density at radius 2 is 1.75 bits per heavy atom. The van der Waals surface area contributed by atoms with Crippen molar-refractivity contribution >= 4 is 31.8 Å². The lowest BCUT2D eigenvalue weighted by Crippen LogP contribution is -2.49. The van der Waals surface area contributed by atoms with Gasteiger partial charge < -0.3 is 5.32 Å². The summed E-state index contributed by atoms with van der Waals surface area (Å²) in [5.41, 5.74) is 1.54. The van der Waals surface area contributed by atoms with Crippen LogP contribution in [0.1, 0.15) is 18.4 Å². The van der Waals surface area contributed by atoms with Crippen LogP contribution in [0.4, 0.5) is 10.5 Å². The topological polar surface area (TPSA) is 107 Å². The van der Waals surface area contributed by atoms with Gasteiger partial charge in [-0.1, -0.05) is 0 Å². The number of carbonyl (C=O) groups excluding carboxylic acids is 1. The summed E-state index contributed by atoms with van der Waals surface area (Å²) in [6.07, 6.45) is 2.92. The van der Waals surface area contributed by atoms with E-state index < -0.39 is 20.0 Å². The van der Waals surface area contributed by atoms with Gasteiger partial charge in [-0.15, -0.1) is 0 Å². The van der Waals surface area contributed by atoms with E-state index in [9.17, 15) is 21.6 Å². The second-order valence-corrected chi connectivity index (χ2v) is 11.5. The van der Waals surface area contributed by atoms with Gasteiger partial charge in [0, 0.05) is 45.5 Å². The third kappa shape index (κ3) is 4.17. The molecule has 2 amide bonds. The van der Waals surface area contributed by atoms with E-state index >= 15 is 0 Å². The molecule has 0 atom stereocenters. The fraction of sp³-hybridized carbons (Fsp3) is 0.588. The van der Waals surface area contributed by atoms with Gasteiger partial charge in [0.25, 0.3) is 0 Å². The molecule has 2 heterocycles. The van der Waals surface area contributed by atoms with Gasteiger partial charge in [0.15, 0.2) is 0 Å². The molecule has 1 saturated heterocycles. The Kier molecular flexibility index (Phi) is 5.72. The fourth-order valence-electron chi connectivity index (χ4n) is 3.54. The first-order chi connectivity index (χ1) is 13.0. The summed E-state index contributed by atoms with van der Waals surface area (Å²) < 4.78 is 50.3. The summed E-state index contributed by atoms with van der Waals surface area (Å²) in [6, 6.07) is 4.50. The number of nitrogens with zero attached hydrogens (tertiary/aromatic N) is 3. The zero-order chi connectivity index (χ0) is 20.7. The number of urea groups is 1. The number of benzene rings is 1. The van der Waals surface area contributed by atoms with Crippen LogP contribution in [0.2, 0.25) is 0 Å². The second-order valence-electron chi connectivity index (χ2n) is 7.37. The number of anilines is 1. The van der Waals surface area contributed by atoms with Crippen LogP contribution in [0.5, 0.6) is 0 Å². The normalized spacial score (nSPS) is 19.1. The maximum absolute atomic E-state index is 12.7. The van der Waals surface area contributed by atoms with Crippen LogP contribution in [0, 0.1) is 0 Å². The van der Waals surface area contributed by atoms with Crippen molar-refractivity contribution < 1.29 is 21.6 Å². The van der Waals surface area contributed by atoms with Crippen LogP contribution >= 0.6 is 0 Å². The van der Waals surface area contributed by atoms with Crippen molar-refractivity contribution in [3.8, 4) is 0 Å². The van der Waals surface area contributed by atoms with Gasteiger partial charge >= 0.3 is 6.03 Å². The highest BCUT2D eigenvalue weighted by Crippen LogP contribution is 2.31. The first-order valence-corrected chi connectivity index (χ1v) is 12.4. The predicted molar refractivity (Wildman–Crippen MR) is 106 cm³/mol. The number of hydrogen-bond donors (Lipinski definition) is 1. The highest BCUT2D eigenvalue weighted by molar-refractivity contribution is 7.89. The zero-order valence-corrected chi connectivity index (χ0v) is 17.9. The molecule has 0 aromatic heterocycles. The average Bonchev–Trinajstić information content (AvgIpc) is 3.04. The summed E-state index contributed by atoms with van der Waals surface area (Å²) in [5, 5.41) is 2.98. The summed E-state index contributed by atoms with van der Waals surface area (Å²) >= 11 is 0. The lowest BCUT2D eigenvalue weighted by atomic mass is 10.1. The molecular weight excluding hydrogens is 404 g/mol. The lowest BCUT2D eigenvalue weighted by Gasteiger charge is -2.31. The van der Waals surface area contributed by atoms with Gasteiger partial charge in [-0.2, -0.15) is 0 Å². The van der Waals surface area contributed by atoms with E-state index in [2.05, 4.69) is 5.32 Å². The average molecular weight is 431 g/mol. The number of piperidine rings is 1. The standard InChI is InChI=1S/C17H26N4O5S2/c1-19(2)28(25,26)15-4-5-16-13(12-15)6-11-21(16)17(22)18-14-7-9-20(10-8-14)27(3,23)24/h4-5,12,14H,6-11H2,1-3H3,(H,18,22). The zero-order valence-electron chi connectivity index (χ0n) is 16.3. The van der Waals surface area contributed by atoms with E-state index in [1.807, 2.05) is 0 Å². The molecule has 0 saturated carbocycles. The number of rotatable bonds is 4. The molecule has 156 valence electrons. The molecule has 1 fully saturated rings. The van der Waals surface area contributed by atoms with E-state index in [1.54, 1.807) is 17.0 Å². The van der Waals surface area contributed by atoms with E-state index in [-0.39, 0.29) is 17.0 Å². The molecule has 9 nitrogen and oxygen atoms in total. The molecule has 3 rings (SSSR count). The monoisotopic (exact) mass is 430 g/mol. The third-order valence-electron chi connectivity index (χ3n) is 5.22. The summed E-state index contributed by atoms with van der Waals surface area (Å²) in [4.78, 5) is 14.5. The van der Waals surface area contributed by atoms with E-state index in [1.165, 1.54) is 30.7 Å².